The van der Waals surface area contributed by atoms with Gasteiger partial charge in [-0.05, 0) is 35.4 Å². The molecule has 0 fully saturated rings. The standard InChI is InChI=1S/C16H12FNO3S/c17-12-4-1-10(2-5-12)8-18-13-7-11(16(20)21)3-6-14(13)22-9-15(18)19/h1-7H,8-9H2,(H,20,21)/p-1. The summed E-state index contributed by atoms with van der Waals surface area (Å²) in [6, 6.07) is 10.5. The van der Waals surface area contributed by atoms with E-state index in [9.17, 15) is 19.1 Å². The molecule has 2 aromatic carbocycles. The van der Waals surface area contributed by atoms with Gasteiger partial charge in [-0.15, -0.1) is 11.8 Å². The van der Waals surface area contributed by atoms with Gasteiger partial charge in [-0.1, -0.05) is 18.2 Å². The lowest BCUT2D eigenvalue weighted by atomic mass is 10.1. The van der Waals surface area contributed by atoms with Crippen LogP contribution in [-0.4, -0.2) is 17.6 Å². The van der Waals surface area contributed by atoms with Crippen LogP contribution < -0.4 is 10.0 Å². The number of aromatic carboxylic acids is 1. The molecule has 0 saturated heterocycles. The van der Waals surface area contributed by atoms with Crippen molar-refractivity contribution < 1.29 is 19.1 Å². The first kappa shape index (κ1) is 14.6. The Morgan fingerprint density at radius 1 is 1.23 bits per heavy atom. The molecule has 112 valence electrons. The average Bonchev–Trinajstić information content (AvgIpc) is 2.51. The number of hydrogen-bond acceptors (Lipinski definition) is 4. The molecule has 0 radical (unpaired) electrons. The number of thioether (sulfide) groups is 1. The smallest absolute Gasteiger partial charge is 0.237 e. The molecule has 1 amide bonds. The molecule has 0 saturated carbocycles. The molecule has 22 heavy (non-hydrogen) atoms. The molecular weight excluding hydrogens is 305 g/mol. The number of nitrogens with zero attached hydrogens (tertiary/aromatic N) is 1. The molecule has 2 aromatic rings. The highest BCUT2D eigenvalue weighted by Crippen LogP contribution is 2.36. The minimum Gasteiger partial charge on any atom is -0.545 e. The highest BCUT2D eigenvalue weighted by molar-refractivity contribution is 8.00. The maximum Gasteiger partial charge on any atom is 0.237 e. The number of carbonyl (C=O) groups is 2. The van der Waals surface area contributed by atoms with E-state index < -0.39 is 5.97 Å². The fourth-order valence-electron chi connectivity index (χ4n) is 2.27. The Balaban J connectivity index is 1.97. The first-order chi connectivity index (χ1) is 10.5. The predicted octanol–water partition coefficient (Wildman–Crippen LogP) is 1.83. The van der Waals surface area contributed by atoms with E-state index in [0.29, 0.717) is 11.4 Å². The van der Waals surface area contributed by atoms with E-state index in [1.54, 1.807) is 18.2 Å². The monoisotopic (exact) mass is 316 g/mol. The van der Waals surface area contributed by atoms with Crippen LogP contribution in [0.5, 0.6) is 0 Å². The summed E-state index contributed by atoms with van der Waals surface area (Å²) >= 11 is 1.37. The fraction of sp³-hybridized carbons (Fsp3) is 0.125. The maximum atomic E-state index is 13.0. The summed E-state index contributed by atoms with van der Waals surface area (Å²) in [6.07, 6.45) is 0. The number of anilines is 1. The fourth-order valence-corrected chi connectivity index (χ4v) is 3.19. The zero-order valence-corrected chi connectivity index (χ0v) is 12.2. The van der Waals surface area contributed by atoms with Gasteiger partial charge in [0.25, 0.3) is 0 Å². The lowest BCUT2D eigenvalue weighted by Crippen LogP contribution is -2.35. The second-order valence-electron chi connectivity index (χ2n) is 4.86. The summed E-state index contributed by atoms with van der Waals surface area (Å²) in [5.74, 6) is -1.45. The summed E-state index contributed by atoms with van der Waals surface area (Å²) in [7, 11) is 0. The number of hydrogen-bond donors (Lipinski definition) is 0. The Morgan fingerprint density at radius 3 is 2.64 bits per heavy atom. The van der Waals surface area contributed by atoms with Crippen molar-refractivity contribution in [3.8, 4) is 0 Å². The van der Waals surface area contributed by atoms with E-state index in [1.807, 2.05) is 0 Å². The van der Waals surface area contributed by atoms with E-state index >= 15 is 0 Å². The molecule has 0 unspecified atom stereocenters. The van der Waals surface area contributed by atoms with Crippen LogP contribution in [0.15, 0.2) is 47.4 Å². The first-order valence-corrected chi connectivity index (χ1v) is 7.56. The summed E-state index contributed by atoms with van der Waals surface area (Å²) < 4.78 is 13.0. The molecule has 0 spiro atoms. The van der Waals surface area contributed by atoms with Crippen molar-refractivity contribution in [3.05, 3.63) is 59.4 Å². The first-order valence-electron chi connectivity index (χ1n) is 6.57. The predicted molar refractivity (Wildman–Crippen MR) is 79.1 cm³/mol. The van der Waals surface area contributed by atoms with Gasteiger partial charge >= 0.3 is 0 Å². The quantitative estimate of drug-likeness (QED) is 0.867. The molecule has 3 rings (SSSR count). The van der Waals surface area contributed by atoms with Gasteiger partial charge in [0, 0.05) is 4.90 Å². The Kier molecular flexibility index (Phi) is 3.85. The van der Waals surface area contributed by atoms with E-state index in [-0.39, 0.29) is 23.8 Å². The van der Waals surface area contributed by atoms with Crippen LogP contribution in [0.3, 0.4) is 0 Å². The Hall–Kier alpha value is -2.34. The van der Waals surface area contributed by atoms with E-state index in [1.165, 1.54) is 40.9 Å². The molecule has 0 aromatic heterocycles. The summed E-state index contributed by atoms with van der Waals surface area (Å²) in [5, 5.41) is 11.0. The zero-order chi connectivity index (χ0) is 15.7. The van der Waals surface area contributed by atoms with E-state index in [2.05, 4.69) is 0 Å². The van der Waals surface area contributed by atoms with Crippen molar-refractivity contribution >= 4 is 29.3 Å². The molecule has 4 nitrogen and oxygen atoms in total. The SMILES string of the molecule is O=C([O-])c1ccc2c(c1)N(Cc1ccc(F)cc1)C(=O)CS2. The molecule has 0 N–H and O–H groups in total. The molecule has 0 bridgehead atoms. The maximum absolute atomic E-state index is 13.0. The second kappa shape index (κ2) is 5.81. The van der Waals surface area contributed by atoms with Gasteiger partial charge in [0.15, 0.2) is 0 Å². The Bertz CT molecular complexity index is 746. The van der Waals surface area contributed by atoms with Crippen molar-refractivity contribution in [2.45, 2.75) is 11.4 Å². The lowest BCUT2D eigenvalue weighted by Gasteiger charge is -2.29. The largest absolute Gasteiger partial charge is 0.545 e. The Labute approximate surface area is 130 Å². The average molecular weight is 316 g/mol. The van der Waals surface area contributed by atoms with Gasteiger partial charge in [0.1, 0.15) is 5.82 Å². The minimum atomic E-state index is -1.28. The molecule has 1 aliphatic heterocycles. The van der Waals surface area contributed by atoms with Crippen LogP contribution in [-0.2, 0) is 11.3 Å². The van der Waals surface area contributed by atoms with Crippen LogP contribution in [0.25, 0.3) is 0 Å². The molecule has 1 heterocycles. The molecule has 0 atom stereocenters. The van der Waals surface area contributed by atoms with Gasteiger partial charge in [0.05, 0.1) is 24.0 Å². The number of amides is 1. The number of rotatable bonds is 3. The lowest BCUT2D eigenvalue weighted by molar-refractivity contribution is -0.255. The van der Waals surface area contributed by atoms with Gasteiger partial charge in [-0.3, -0.25) is 4.79 Å². The highest BCUT2D eigenvalue weighted by Gasteiger charge is 2.25. The summed E-state index contributed by atoms with van der Waals surface area (Å²) in [4.78, 5) is 25.5. The van der Waals surface area contributed by atoms with Gasteiger partial charge in [0.2, 0.25) is 5.91 Å². The van der Waals surface area contributed by atoms with Crippen molar-refractivity contribution in [2.75, 3.05) is 10.7 Å². The van der Waals surface area contributed by atoms with Crippen LogP contribution in [0.4, 0.5) is 10.1 Å². The number of carboxylic acid groups (broad SMARTS) is 1. The third-order valence-electron chi connectivity index (χ3n) is 3.39. The number of carbonyl (C=O) groups excluding carboxylic acids is 2. The highest BCUT2D eigenvalue weighted by atomic mass is 32.2. The van der Waals surface area contributed by atoms with Crippen molar-refractivity contribution in [2.24, 2.45) is 0 Å². The second-order valence-corrected chi connectivity index (χ2v) is 5.88. The van der Waals surface area contributed by atoms with Crippen molar-refractivity contribution in [1.82, 2.24) is 0 Å². The minimum absolute atomic E-state index is 0.0261. The Morgan fingerprint density at radius 2 is 1.95 bits per heavy atom. The van der Waals surface area contributed by atoms with Crippen LogP contribution in [0.2, 0.25) is 0 Å². The number of fused-ring (bicyclic) bond motifs is 1. The molecule has 1 aliphatic rings. The number of benzene rings is 2. The third kappa shape index (κ3) is 2.82. The van der Waals surface area contributed by atoms with Crippen molar-refractivity contribution in [1.29, 1.82) is 0 Å². The van der Waals surface area contributed by atoms with Crippen LogP contribution in [0, 0.1) is 5.82 Å². The van der Waals surface area contributed by atoms with Gasteiger partial charge in [-0.2, -0.15) is 0 Å². The van der Waals surface area contributed by atoms with Crippen LogP contribution in [0.1, 0.15) is 15.9 Å². The zero-order valence-electron chi connectivity index (χ0n) is 11.4. The topological polar surface area (TPSA) is 60.4 Å². The molecule has 0 aliphatic carbocycles. The number of carboxylic acids is 1. The third-order valence-corrected chi connectivity index (χ3v) is 4.44. The summed E-state index contributed by atoms with van der Waals surface area (Å²) in [5.41, 5.74) is 1.34. The molecular formula is C16H11FNO3S-. The molecule has 6 heteroatoms. The van der Waals surface area contributed by atoms with Crippen LogP contribution >= 0.6 is 11.8 Å². The van der Waals surface area contributed by atoms with E-state index in [0.717, 1.165) is 10.5 Å². The summed E-state index contributed by atoms with van der Waals surface area (Å²) in [6.45, 7) is 0.267. The van der Waals surface area contributed by atoms with Gasteiger partial charge in [-0.25, -0.2) is 4.39 Å². The van der Waals surface area contributed by atoms with Crippen molar-refractivity contribution in [3.63, 3.8) is 0 Å². The number of halogens is 1. The normalized spacial score (nSPS) is 13.9. The van der Waals surface area contributed by atoms with Gasteiger partial charge < -0.3 is 14.8 Å². The van der Waals surface area contributed by atoms with E-state index in [4.69, 9.17) is 0 Å².